The van der Waals surface area contributed by atoms with Gasteiger partial charge in [-0.25, -0.2) is 0 Å². The molecule has 1 fully saturated rings. The van der Waals surface area contributed by atoms with Gasteiger partial charge in [-0.1, -0.05) is 15.9 Å². The molecule has 0 amide bonds. The van der Waals surface area contributed by atoms with Gasteiger partial charge in [0.25, 0.3) is 0 Å². The van der Waals surface area contributed by atoms with Crippen LogP contribution >= 0.6 is 28.3 Å². The van der Waals surface area contributed by atoms with Crippen LogP contribution in [0.5, 0.6) is 11.5 Å². The molecular weight excluding hydrogens is 360 g/mol. The highest BCUT2D eigenvalue weighted by Crippen LogP contribution is 2.41. The maximum atomic E-state index is 9.40. The Hall–Kier alpha value is -0.530. The van der Waals surface area contributed by atoms with E-state index in [-0.39, 0.29) is 31.8 Å². The van der Waals surface area contributed by atoms with Crippen LogP contribution in [0.4, 0.5) is 0 Å². The molecule has 1 atom stereocenters. The summed E-state index contributed by atoms with van der Waals surface area (Å²) in [5, 5.41) is 12.8. The molecule has 1 aromatic rings. The molecule has 118 valence electrons. The summed E-state index contributed by atoms with van der Waals surface area (Å²) in [6.45, 7) is 4.42. The number of aliphatic hydroxyl groups excluding tert-OH is 1. The number of benzene rings is 1. The number of ether oxygens (including phenoxy) is 2. The lowest BCUT2D eigenvalue weighted by Crippen LogP contribution is -2.45. The van der Waals surface area contributed by atoms with E-state index in [9.17, 15) is 5.11 Å². The van der Waals surface area contributed by atoms with Crippen molar-refractivity contribution in [2.75, 3.05) is 39.6 Å². The number of rotatable bonds is 4. The molecule has 0 aliphatic carbocycles. The Morgan fingerprint density at radius 1 is 1.24 bits per heavy atom. The van der Waals surface area contributed by atoms with Gasteiger partial charge in [-0.05, 0) is 24.1 Å². The smallest absolute Gasteiger partial charge is 0.231 e. The van der Waals surface area contributed by atoms with E-state index in [1.165, 1.54) is 0 Å². The molecule has 5 nitrogen and oxygen atoms in total. The summed E-state index contributed by atoms with van der Waals surface area (Å²) in [5.41, 5.74) is 1.16. The summed E-state index contributed by atoms with van der Waals surface area (Å²) in [7, 11) is 0. The minimum Gasteiger partial charge on any atom is -0.454 e. The highest BCUT2D eigenvalue weighted by atomic mass is 79.9. The van der Waals surface area contributed by atoms with Gasteiger partial charge in [-0.3, -0.25) is 4.90 Å². The second-order valence-electron chi connectivity index (χ2n) is 5.04. The van der Waals surface area contributed by atoms with Gasteiger partial charge in [0.2, 0.25) is 6.79 Å². The molecule has 0 unspecified atom stereocenters. The quantitative estimate of drug-likeness (QED) is 0.837. The van der Waals surface area contributed by atoms with E-state index in [2.05, 4.69) is 26.1 Å². The number of aliphatic hydroxyl groups is 1. The van der Waals surface area contributed by atoms with Gasteiger partial charge in [-0.15, -0.1) is 12.4 Å². The van der Waals surface area contributed by atoms with E-state index in [1.807, 2.05) is 12.1 Å². The van der Waals surface area contributed by atoms with Crippen LogP contribution < -0.4 is 14.8 Å². The molecule has 7 heteroatoms. The summed E-state index contributed by atoms with van der Waals surface area (Å²) in [4.78, 5) is 2.41. The lowest BCUT2D eigenvalue weighted by molar-refractivity contribution is 0.140. The second kappa shape index (κ2) is 7.65. The first-order chi connectivity index (χ1) is 9.79. The van der Waals surface area contributed by atoms with Crippen molar-refractivity contribution in [3.8, 4) is 11.5 Å². The first-order valence-corrected chi connectivity index (χ1v) is 7.73. The maximum absolute atomic E-state index is 9.40. The molecule has 2 heterocycles. The first kappa shape index (κ1) is 16.8. The Balaban J connectivity index is 0.00000161. The van der Waals surface area contributed by atoms with Gasteiger partial charge in [0, 0.05) is 43.3 Å². The van der Waals surface area contributed by atoms with Crippen molar-refractivity contribution in [2.24, 2.45) is 0 Å². The third-order valence-electron chi connectivity index (χ3n) is 3.85. The Morgan fingerprint density at radius 2 is 1.90 bits per heavy atom. The molecule has 0 radical (unpaired) electrons. The molecule has 0 saturated carbocycles. The van der Waals surface area contributed by atoms with Crippen LogP contribution in [0, 0.1) is 0 Å². The van der Waals surface area contributed by atoms with Crippen molar-refractivity contribution in [3.05, 3.63) is 22.2 Å². The van der Waals surface area contributed by atoms with Gasteiger partial charge in [0.15, 0.2) is 11.5 Å². The van der Waals surface area contributed by atoms with Crippen molar-refractivity contribution in [1.29, 1.82) is 0 Å². The number of nitrogens with zero attached hydrogens (tertiary/aromatic N) is 1. The zero-order chi connectivity index (χ0) is 13.9. The average Bonchev–Trinajstić information content (AvgIpc) is 2.92. The molecule has 1 aromatic carbocycles. The first-order valence-electron chi connectivity index (χ1n) is 6.94. The third-order valence-corrected chi connectivity index (χ3v) is 4.53. The fourth-order valence-corrected chi connectivity index (χ4v) is 3.43. The Morgan fingerprint density at radius 3 is 2.57 bits per heavy atom. The molecule has 0 bridgehead atoms. The number of fused-ring (bicyclic) bond motifs is 1. The fourth-order valence-electron chi connectivity index (χ4n) is 2.84. The highest BCUT2D eigenvalue weighted by molar-refractivity contribution is 9.10. The Kier molecular flexibility index (Phi) is 6.13. The predicted molar refractivity (Wildman–Crippen MR) is 86.4 cm³/mol. The summed E-state index contributed by atoms with van der Waals surface area (Å²) in [6, 6.07) is 4.20. The molecule has 0 aromatic heterocycles. The molecule has 2 N–H and O–H groups in total. The van der Waals surface area contributed by atoms with Gasteiger partial charge in [0.1, 0.15) is 0 Å². The predicted octanol–water partition coefficient (Wildman–Crippen LogP) is 1.93. The zero-order valence-corrected chi connectivity index (χ0v) is 14.1. The summed E-state index contributed by atoms with van der Waals surface area (Å²) in [5.74, 6) is 1.57. The van der Waals surface area contributed by atoms with Crippen LogP contribution in [0.25, 0.3) is 0 Å². The van der Waals surface area contributed by atoms with E-state index in [0.29, 0.717) is 0 Å². The van der Waals surface area contributed by atoms with Crippen molar-refractivity contribution < 1.29 is 14.6 Å². The standard InChI is InChI=1S/C14H19BrN2O3.ClH/c15-11-8-14-13(19-9-20-14)7-10(11)12(1-6-18)17-4-2-16-3-5-17;/h7-8,12,16,18H,1-6,9H2;1H/t12-;/m0./s1. The number of nitrogens with one attached hydrogen (secondary N) is 1. The lowest BCUT2D eigenvalue weighted by atomic mass is 10.0. The zero-order valence-electron chi connectivity index (χ0n) is 11.7. The summed E-state index contributed by atoms with van der Waals surface area (Å²) < 4.78 is 11.9. The average molecular weight is 380 g/mol. The summed E-state index contributed by atoms with van der Waals surface area (Å²) >= 11 is 3.63. The van der Waals surface area contributed by atoms with Crippen LogP contribution in [0.2, 0.25) is 0 Å². The molecular formula is C14H20BrClN2O3. The molecule has 1 saturated heterocycles. The topological polar surface area (TPSA) is 54.0 Å². The van der Waals surface area contributed by atoms with Crippen LogP contribution in [-0.2, 0) is 0 Å². The van der Waals surface area contributed by atoms with Crippen LogP contribution in [0.15, 0.2) is 16.6 Å². The molecule has 2 aliphatic rings. The van der Waals surface area contributed by atoms with E-state index in [0.717, 1.165) is 54.1 Å². The molecule has 2 aliphatic heterocycles. The largest absolute Gasteiger partial charge is 0.454 e. The number of hydrogen-bond acceptors (Lipinski definition) is 5. The van der Waals surface area contributed by atoms with Crippen molar-refractivity contribution >= 4 is 28.3 Å². The second-order valence-corrected chi connectivity index (χ2v) is 5.90. The van der Waals surface area contributed by atoms with Crippen LogP contribution in [0.3, 0.4) is 0 Å². The number of hydrogen-bond donors (Lipinski definition) is 2. The summed E-state index contributed by atoms with van der Waals surface area (Å²) in [6.07, 6.45) is 0.720. The van der Waals surface area contributed by atoms with E-state index in [1.54, 1.807) is 0 Å². The normalized spacial score (nSPS) is 19.1. The van der Waals surface area contributed by atoms with Crippen LogP contribution in [0.1, 0.15) is 18.0 Å². The molecule has 3 rings (SSSR count). The van der Waals surface area contributed by atoms with Gasteiger partial charge in [-0.2, -0.15) is 0 Å². The van der Waals surface area contributed by atoms with Crippen molar-refractivity contribution in [2.45, 2.75) is 12.5 Å². The molecule has 21 heavy (non-hydrogen) atoms. The van der Waals surface area contributed by atoms with Gasteiger partial charge < -0.3 is 19.9 Å². The maximum Gasteiger partial charge on any atom is 0.231 e. The fraction of sp³-hybridized carbons (Fsp3) is 0.571. The van der Waals surface area contributed by atoms with Gasteiger partial charge in [0.05, 0.1) is 0 Å². The van der Waals surface area contributed by atoms with Crippen molar-refractivity contribution in [1.82, 2.24) is 10.2 Å². The Labute approximate surface area is 139 Å². The number of piperazine rings is 1. The monoisotopic (exact) mass is 378 g/mol. The van der Waals surface area contributed by atoms with E-state index < -0.39 is 0 Å². The van der Waals surface area contributed by atoms with E-state index in [4.69, 9.17) is 9.47 Å². The van der Waals surface area contributed by atoms with E-state index >= 15 is 0 Å². The van der Waals surface area contributed by atoms with Gasteiger partial charge >= 0.3 is 0 Å². The Bertz CT molecular complexity index is 484. The molecule has 0 spiro atoms. The SMILES string of the molecule is Cl.OCC[C@@H](c1cc2c(cc1Br)OCO2)N1CCNCC1. The van der Waals surface area contributed by atoms with Crippen molar-refractivity contribution in [3.63, 3.8) is 0 Å². The highest BCUT2D eigenvalue weighted by Gasteiger charge is 2.26. The lowest BCUT2D eigenvalue weighted by Gasteiger charge is -2.35. The minimum absolute atomic E-state index is 0. The third kappa shape index (κ3) is 3.63. The number of halogens is 2. The minimum atomic E-state index is 0. The van der Waals surface area contributed by atoms with Crippen LogP contribution in [-0.4, -0.2) is 49.6 Å².